The van der Waals surface area contributed by atoms with Gasteiger partial charge >= 0.3 is 14.8 Å². The van der Waals surface area contributed by atoms with E-state index in [-0.39, 0.29) is 0 Å². The Kier molecular flexibility index (Phi) is 16.9. The molecule has 0 aliphatic carbocycles. The minimum atomic E-state index is -2.14. The lowest BCUT2D eigenvalue weighted by Gasteiger charge is -2.39. The van der Waals surface area contributed by atoms with Crippen molar-refractivity contribution >= 4 is 67.9 Å². The molecule has 2 nitrogen and oxygen atoms in total. The van der Waals surface area contributed by atoms with Crippen molar-refractivity contribution in [2.24, 2.45) is 0 Å². The Morgan fingerprint density at radius 1 is 0.383 bits per heavy atom. The second-order valence-corrected chi connectivity index (χ2v) is 37.8. The lowest BCUT2D eigenvalue weighted by Crippen LogP contribution is -2.56. The van der Waals surface area contributed by atoms with Gasteiger partial charge in [-0.15, -0.1) is 0 Å². The molecule has 0 aromatic heterocycles. The number of aryl methyl sites for hydroxylation is 2. The zero-order valence-corrected chi connectivity index (χ0v) is 39.1. The predicted molar refractivity (Wildman–Crippen MR) is 227 cm³/mol. The van der Waals surface area contributed by atoms with Crippen molar-refractivity contribution in [1.82, 2.24) is 0 Å². The Hall–Kier alpha value is -0.560. The van der Waals surface area contributed by atoms with Gasteiger partial charge in [0, 0.05) is 0 Å². The molecular weight excluding hydrogens is 652 g/mol. The predicted octanol–water partition coefficient (Wildman–Crippen LogP) is 11.1. The minimum Gasteiger partial charge on any atom is -0.612 e. The first-order chi connectivity index (χ1) is 22.4. The molecular formula is C40H75AlO2Si4. The van der Waals surface area contributed by atoms with Crippen LogP contribution in [0.1, 0.15) is 101 Å². The molecule has 0 heterocycles. The second-order valence-electron chi connectivity index (χ2n) is 14.8. The standard InChI is InChI=1S/2C19H36OSi2.C2H5.Al/c2*1-8-21(9-2,10-3)17-14-16(7)15-18(19(17)20)22(11-4,12-5)13-6;1-2;/h2*14-15,20H,8-13H2,1-7H3;1H2,2H3;/q;;;+2/p-2. The summed E-state index contributed by atoms with van der Waals surface area (Å²) >= 11 is -2.14. The van der Waals surface area contributed by atoms with E-state index in [9.17, 15) is 0 Å². The van der Waals surface area contributed by atoms with Crippen LogP contribution in [0.2, 0.25) is 77.8 Å². The molecule has 7 heteroatoms. The van der Waals surface area contributed by atoms with E-state index >= 15 is 0 Å². The maximum absolute atomic E-state index is 7.69. The van der Waals surface area contributed by atoms with E-state index in [4.69, 9.17) is 7.58 Å². The van der Waals surface area contributed by atoms with Gasteiger partial charge < -0.3 is 7.58 Å². The van der Waals surface area contributed by atoms with E-state index in [1.807, 2.05) is 0 Å². The molecule has 0 bridgehead atoms. The van der Waals surface area contributed by atoms with Crippen molar-refractivity contribution in [3.05, 3.63) is 35.4 Å². The van der Waals surface area contributed by atoms with Gasteiger partial charge in [-0.25, -0.2) is 0 Å². The van der Waals surface area contributed by atoms with E-state index in [1.54, 1.807) is 20.7 Å². The maximum atomic E-state index is 7.69. The van der Waals surface area contributed by atoms with Crippen LogP contribution in [0.4, 0.5) is 0 Å². The minimum absolute atomic E-state index is 0.981. The Morgan fingerprint density at radius 2 is 0.574 bits per heavy atom. The van der Waals surface area contributed by atoms with Crippen molar-refractivity contribution in [2.75, 3.05) is 0 Å². The fourth-order valence-corrected chi connectivity index (χ4v) is 26.7. The van der Waals surface area contributed by atoms with E-state index in [2.05, 4.69) is 128 Å². The molecule has 0 amide bonds. The van der Waals surface area contributed by atoms with Crippen LogP contribution in [0.25, 0.3) is 0 Å². The third-order valence-electron chi connectivity index (χ3n) is 13.7. The van der Waals surface area contributed by atoms with Gasteiger partial charge in [0.15, 0.2) is 0 Å². The maximum Gasteiger partial charge on any atom is 0.856 e. The van der Waals surface area contributed by atoms with Gasteiger partial charge in [0.1, 0.15) is 0 Å². The summed E-state index contributed by atoms with van der Waals surface area (Å²) in [6.07, 6.45) is 0. The van der Waals surface area contributed by atoms with Crippen LogP contribution in [0.5, 0.6) is 11.5 Å². The van der Waals surface area contributed by atoms with Crippen LogP contribution < -0.4 is 28.3 Å². The molecule has 0 saturated heterocycles. The lowest BCUT2D eigenvalue weighted by molar-refractivity contribution is 0.429. The normalized spacial score (nSPS) is 12.8. The quantitative estimate of drug-likeness (QED) is 0.119. The molecule has 266 valence electrons. The van der Waals surface area contributed by atoms with Crippen LogP contribution in [0.15, 0.2) is 24.3 Å². The Morgan fingerprint density at radius 3 is 0.723 bits per heavy atom. The van der Waals surface area contributed by atoms with Gasteiger partial charge in [-0.05, 0) is 39.9 Å². The molecule has 0 saturated carbocycles. The number of rotatable bonds is 21. The largest absolute Gasteiger partial charge is 0.856 e. The van der Waals surface area contributed by atoms with Crippen molar-refractivity contribution in [3.63, 3.8) is 0 Å². The smallest absolute Gasteiger partial charge is 0.612 e. The number of benzene rings is 2. The van der Waals surface area contributed by atoms with E-state index in [1.165, 1.54) is 95.2 Å². The Balaban J connectivity index is 3.05. The first-order valence-electron chi connectivity index (χ1n) is 20.0. The van der Waals surface area contributed by atoms with E-state index < -0.39 is 47.1 Å². The van der Waals surface area contributed by atoms with Gasteiger partial charge in [-0.1, -0.05) is 198 Å². The summed E-state index contributed by atoms with van der Waals surface area (Å²) in [7, 11) is -6.94. The highest BCUT2D eigenvalue weighted by Crippen LogP contribution is 2.33. The highest BCUT2D eigenvalue weighted by Gasteiger charge is 2.44. The molecule has 2 aromatic rings. The van der Waals surface area contributed by atoms with Crippen molar-refractivity contribution in [1.29, 1.82) is 0 Å². The average Bonchev–Trinajstić information content (AvgIpc) is 3.10. The summed E-state index contributed by atoms with van der Waals surface area (Å²) in [6.45, 7) is 36.5. The lowest BCUT2D eigenvalue weighted by atomic mass is 10.2. The van der Waals surface area contributed by atoms with Crippen molar-refractivity contribution in [2.45, 2.75) is 182 Å². The second kappa shape index (κ2) is 18.6. The summed E-state index contributed by atoms with van der Waals surface area (Å²) in [4.78, 5) is 0. The highest BCUT2D eigenvalue weighted by molar-refractivity contribution is 6.97. The molecule has 0 aliphatic heterocycles. The first kappa shape index (κ1) is 42.6. The molecule has 2 aromatic carbocycles. The topological polar surface area (TPSA) is 18.5 Å². The SMILES string of the molecule is C[CH2][Al]([O]c1c([Si](CC)(CC)CC)cc(C)cc1[Si](CC)(CC)CC)[O]c1c([Si](CC)(CC)CC)cc(C)cc1[Si](CC)(CC)CC. The van der Waals surface area contributed by atoms with Gasteiger partial charge in [-0.2, -0.15) is 0 Å². The molecule has 0 atom stereocenters. The number of hydrogen-bond acceptors (Lipinski definition) is 2. The molecule has 0 fully saturated rings. The van der Waals surface area contributed by atoms with Crippen LogP contribution in [-0.4, -0.2) is 47.1 Å². The van der Waals surface area contributed by atoms with Crippen LogP contribution in [0, 0.1) is 13.8 Å². The fourth-order valence-electron chi connectivity index (χ4n) is 9.12. The first-order valence-corrected chi connectivity index (χ1v) is 32.3. The molecule has 0 radical (unpaired) electrons. The monoisotopic (exact) mass is 726 g/mol. The van der Waals surface area contributed by atoms with E-state index in [0.29, 0.717) is 0 Å². The van der Waals surface area contributed by atoms with Crippen molar-refractivity contribution in [3.8, 4) is 11.5 Å². The number of hydrogen-bond donors (Lipinski definition) is 0. The van der Waals surface area contributed by atoms with Gasteiger partial charge in [0.25, 0.3) is 0 Å². The Labute approximate surface area is 302 Å². The fraction of sp³-hybridized carbons (Fsp3) is 0.700. The van der Waals surface area contributed by atoms with Crippen LogP contribution in [0.3, 0.4) is 0 Å². The molecule has 47 heavy (non-hydrogen) atoms. The third-order valence-corrected chi connectivity index (χ3v) is 37.7. The molecule has 0 aliphatic rings. The summed E-state index contributed by atoms with van der Waals surface area (Å²) in [5.74, 6) is 2.63. The summed E-state index contributed by atoms with van der Waals surface area (Å²) in [5.41, 5.74) is 2.88. The summed E-state index contributed by atoms with van der Waals surface area (Å²) in [6, 6.07) is 25.6. The molecule has 0 N–H and O–H groups in total. The third kappa shape index (κ3) is 8.33. The van der Waals surface area contributed by atoms with Crippen LogP contribution >= 0.6 is 0 Å². The molecule has 2 rings (SSSR count). The zero-order chi connectivity index (χ0) is 35.6. The summed E-state index contributed by atoms with van der Waals surface area (Å²) < 4.78 is 15.4. The van der Waals surface area contributed by atoms with Gasteiger partial charge in [-0.3, -0.25) is 0 Å². The highest BCUT2D eigenvalue weighted by atomic mass is 28.3. The van der Waals surface area contributed by atoms with Gasteiger partial charge in [0.05, 0.1) is 43.8 Å². The molecule has 0 unspecified atom stereocenters. The average molecular weight is 727 g/mol. The van der Waals surface area contributed by atoms with Gasteiger partial charge in [0.2, 0.25) is 0 Å². The van der Waals surface area contributed by atoms with E-state index in [0.717, 1.165) is 5.28 Å². The van der Waals surface area contributed by atoms with Crippen LogP contribution in [-0.2, 0) is 0 Å². The molecule has 0 spiro atoms. The van der Waals surface area contributed by atoms with Crippen molar-refractivity contribution < 1.29 is 7.58 Å². The Bertz CT molecular complexity index is 1050. The zero-order valence-electron chi connectivity index (χ0n) is 33.9. The summed E-state index contributed by atoms with van der Waals surface area (Å²) in [5, 5.41) is 7.44.